The minimum Gasteiger partial charge on any atom is -0.346 e. The van der Waals surface area contributed by atoms with Gasteiger partial charge in [-0.05, 0) is 12.5 Å². The van der Waals surface area contributed by atoms with E-state index in [2.05, 4.69) is 15.4 Å². The minimum absolute atomic E-state index is 0.0736. The molecule has 4 aromatic rings. The first kappa shape index (κ1) is 19.7. The van der Waals surface area contributed by atoms with Gasteiger partial charge < -0.3 is 5.32 Å². The second-order valence-electron chi connectivity index (χ2n) is 6.80. The third kappa shape index (κ3) is 3.92. The highest BCUT2D eigenvalue weighted by Gasteiger charge is 2.24. The third-order valence-corrected chi connectivity index (χ3v) is 5.50. The van der Waals surface area contributed by atoms with Crippen molar-refractivity contribution in [3.8, 4) is 22.4 Å². The Balaban J connectivity index is 1.87. The number of carbonyl (C=O) groups excluding carboxylic acids is 1. The van der Waals surface area contributed by atoms with Gasteiger partial charge in [0.2, 0.25) is 0 Å². The molecule has 0 radical (unpaired) electrons. The average molecular weight is 417 g/mol. The summed E-state index contributed by atoms with van der Waals surface area (Å²) in [6, 6.07) is 19.0. The van der Waals surface area contributed by atoms with Crippen LogP contribution < -0.4 is 10.9 Å². The maximum Gasteiger partial charge on any atom is 0.280 e. The topological polar surface area (TPSA) is 76.9 Å². The van der Waals surface area contributed by atoms with Crippen LogP contribution in [0.2, 0.25) is 0 Å². The van der Waals surface area contributed by atoms with E-state index in [1.807, 2.05) is 73.0 Å². The van der Waals surface area contributed by atoms with E-state index in [-0.39, 0.29) is 12.1 Å². The zero-order chi connectivity index (χ0) is 21.1. The smallest absolute Gasteiger partial charge is 0.280 e. The quantitative estimate of drug-likeness (QED) is 0.537. The molecule has 0 aliphatic heterocycles. The molecule has 1 amide bonds. The number of aromatic nitrogens is 3. The van der Waals surface area contributed by atoms with Crippen molar-refractivity contribution in [1.82, 2.24) is 20.1 Å². The van der Waals surface area contributed by atoms with Gasteiger partial charge in [-0.3, -0.25) is 9.59 Å². The number of hydrogen-bond donors (Lipinski definition) is 1. The molecule has 0 aliphatic rings. The van der Waals surface area contributed by atoms with Gasteiger partial charge in [0.05, 0.1) is 22.9 Å². The fraction of sp³-hybridized carbons (Fsp3) is 0.130. The molecule has 0 saturated heterocycles. The summed E-state index contributed by atoms with van der Waals surface area (Å²) in [6.45, 7) is 2.16. The Kier molecular flexibility index (Phi) is 5.54. The number of hydrogen-bond acceptors (Lipinski definition) is 5. The number of carbonyl (C=O) groups is 1. The number of amides is 1. The molecule has 0 saturated carbocycles. The van der Waals surface area contributed by atoms with E-state index >= 15 is 0 Å². The number of thiazole rings is 1. The molecule has 2 aromatic carbocycles. The first-order valence-electron chi connectivity index (χ1n) is 9.46. The summed E-state index contributed by atoms with van der Waals surface area (Å²) < 4.78 is 1.22. The van der Waals surface area contributed by atoms with Gasteiger partial charge >= 0.3 is 0 Å². The van der Waals surface area contributed by atoms with Gasteiger partial charge in [0.1, 0.15) is 5.56 Å². The van der Waals surface area contributed by atoms with Crippen molar-refractivity contribution < 1.29 is 4.79 Å². The van der Waals surface area contributed by atoms with Crippen LogP contribution in [0.15, 0.2) is 70.8 Å². The predicted molar refractivity (Wildman–Crippen MR) is 118 cm³/mol. The van der Waals surface area contributed by atoms with Crippen molar-refractivity contribution in [3.63, 3.8) is 0 Å². The zero-order valence-electron chi connectivity index (χ0n) is 16.6. The van der Waals surface area contributed by atoms with Crippen molar-refractivity contribution in [2.24, 2.45) is 7.05 Å². The SMILES string of the molecule is Cc1nc(CNC(=O)c2c(-c3ccccc3)c(-c3ccccc3)nn(C)c2=O)cs1. The summed E-state index contributed by atoms with van der Waals surface area (Å²) in [5.74, 6) is -0.445. The summed E-state index contributed by atoms with van der Waals surface area (Å²) in [6.07, 6.45) is 0. The zero-order valence-corrected chi connectivity index (χ0v) is 17.4. The van der Waals surface area contributed by atoms with Crippen LogP contribution in [0.25, 0.3) is 22.4 Å². The standard InChI is InChI=1S/C23H20N4O2S/c1-15-25-18(14-30-15)13-24-22(28)20-19(16-9-5-3-6-10-16)21(26-27(2)23(20)29)17-11-7-4-8-12-17/h3-12,14H,13H2,1-2H3,(H,24,28). The lowest BCUT2D eigenvalue weighted by Gasteiger charge is -2.15. The molecular formula is C23H20N4O2S. The first-order chi connectivity index (χ1) is 14.5. The second-order valence-corrected chi connectivity index (χ2v) is 7.86. The molecule has 1 N–H and O–H groups in total. The Labute approximate surface area is 177 Å². The molecule has 0 spiro atoms. The fourth-order valence-electron chi connectivity index (χ4n) is 3.28. The molecule has 0 bridgehead atoms. The van der Waals surface area contributed by atoms with Gasteiger partial charge in [-0.15, -0.1) is 11.3 Å². The number of rotatable bonds is 5. The predicted octanol–water partition coefficient (Wildman–Crippen LogP) is 3.81. The van der Waals surface area contributed by atoms with Gasteiger partial charge in [-0.25, -0.2) is 9.67 Å². The van der Waals surface area contributed by atoms with Gasteiger partial charge in [-0.1, -0.05) is 60.7 Å². The van der Waals surface area contributed by atoms with Crippen molar-refractivity contribution in [3.05, 3.63) is 92.7 Å². The fourth-order valence-corrected chi connectivity index (χ4v) is 3.89. The first-order valence-corrected chi connectivity index (χ1v) is 10.3. The maximum absolute atomic E-state index is 13.2. The van der Waals surface area contributed by atoms with E-state index in [0.717, 1.165) is 21.8 Å². The lowest BCUT2D eigenvalue weighted by Crippen LogP contribution is -2.34. The summed E-state index contributed by atoms with van der Waals surface area (Å²) in [5, 5.41) is 10.2. The van der Waals surface area contributed by atoms with E-state index in [0.29, 0.717) is 11.3 Å². The molecule has 0 fully saturated rings. The van der Waals surface area contributed by atoms with E-state index in [1.165, 1.54) is 16.0 Å². The number of benzene rings is 2. The number of aryl methyl sites for hydroxylation is 2. The molecule has 2 heterocycles. The van der Waals surface area contributed by atoms with Crippen LogP contribution in [-0.4, -0.2) is 20.7 Å². The highest BCUT2D eigenvalue weighted by atomic mass is 32.1. The molecule has 6 nitrogen and oxygen atoms in total. The van der Waals surface area contributed by atoms with E-state index in [9.17, 15) is 9.59 Å². The highest BCUT2D eigenvalue weighted by Crippen LogP contribution is 2.31. The van der Waals surface area contributed by atoms with Crippen LogP contribution in [0.4, 0.5) is 0 Å². The van der Waals surface area contributed by atoms with Crippen LogP contribution in [0.3, 0.4) is 0 Å². The van der Waals surface area contributed by atoms with E-state index < -0.39 is 11.5 Å². The van der Waals surface area contributed by atoms with Crippen LogP contribution >= 0.6 is 11.3 Å². The van der Waals surface area contributed by atoms with E-state index in [1.54, 1.807) is 7.05 Å². The van der Waals surface area contributed by atoms with Crippen LogP contribution in [0, 0.1) is 6.92 Å². The normalized spacial score (nSPS) is 10.7. The molecule has 150 valence electrons. The number of nitrogens with one attached hydrogen (secondary N) is 1. The van der Waals surface area contributed by atoms with Crippen LogP contribution in [-0.2, 0) is 13.6 Å². The van der Waals surface area contributed by atoms with E-state index in [4.69, 9.17) is 0 Å². The monoisotopic (exact) mass is 416 g/mol. The largest absolute Gasteiger partial charge is 0.346 e. The Morgan fingerprint density at radius 3 is 2.27 bits per heavy atom. The Morgan fingerprint density at radius 1 is 1.03 bits per heavy atom. The minimum atomic E-state index is -0.445. The van der Waals surface area contributed by atoms with Gasteiger partial charge in [0, 0.05) is 23.6 Å². The lowest BCUT2D eigenvalue weighted by atomic mass is 9.95. The lowest BCUT2D eigenvalue weighted by molar-refractivity contribution is 0.0948. The Bertz CT molecular complexity index is 1250. The summed E-state index contributed by atoms with van der Waals surface area (Å²) in [5.41, 5.74) is 3.09. The molecule has 0 aliphatic carbocycles. The molecule has 7 heteroatoms. The Morgan fingerprint density at radius 2 is 1.67 bits per heavy atom. The van der Waals surface area contributed by atoms with Crippen molar-refractivity contribution in [1.29, 1.82) is 0 Å². The summed E-state index contributed by atoms with van der Waals surface area (Å²) >= 11 is 1.52. The van der Waals surface area contributed by atoms with Crippen molar-refractivity contribution in [2.45, 2.75) is 13.5 Å². The molecule has 0 atom stereocenters. The van der Waals surface area contributed by atoms with Crippen LogP contribution in [0.1, 0.15) is 21.1 Å². The van der Waals surface area contributed by atoms with Gasteiger partial charge in [-0.2, -0.15) is 5.10 Å². The molecule has 4 rings (SSSR count). The average Bonchev–Trinajstić information content (AvgIpc) is 3.20. The van der Waals surface area contributed by atoms with Crippen molar-refractivity contribution in [2.75, 3.05) is 0 Å². The third-order valence-electron chi connectivity index (χ3n) is 4.68. The summed E-state index contributed by atoms with van der Waals surface area (Å²) in [7, 11) is 1.56. The molecule has 0 unspecified atom stereocenters. The molecule has 2 aromatic heterocycles. The molecular weight excluding hydrogens is 396 g/mol. The van der Waals surface area contributed by atoms with Crippen LogP contribution in [0.5, 0.6) is 0 Å². The number of nitrogens with zero attached hydrogens (tertiary/aromatic N) is 3. The van der Waals surface area contributed by atoms with Crippen molar-refractivity contribution >= 4 is 17.2 Å². The highest BCUT2D eigenvalue weighted by molar-refractivity contribution is 7.09. The second kappa shape index (κ2) is 8.42. The maximum atomic E-state index is 13.2. The van der Waals surface area contributed by atoms with Gasteiger partial charge in [0.15, 0.2) is 0 Å². The van der Waals surface area contributed by atoms with Gasteiger partial charge in [0.25, 0.3) is 11.5 Å². The summed E-state index contributed by atoms with van der Waals surface area (Å²) in [4.78, 5) is 30.6. The molecule has 30 heavy (non-hydrogen) atoms. The Hall–Kier alpha value is -3.58.